The molecule has 0 saturated heterocycles. The van der Waals surface area contributed by atoms with Gasteiger partial charge in [-0.05, 0) is 30.5 Å². The molecule has 0 spiro atoms. The van der Waals surface area contributed by atoms with Crippen molar-refractivity contribution < 1.29 is 44.4 Å². The number of phenols is 1. The molecule has 0 bridgehead atoms. The topological polar surface area (TPSA) is 228 Å². The van der Waals surface area contributed by atoms with E-state index >= 15 is 0 Å². The number of carbonyl (C=O) groups is 5. The summed E-state index contributed by atoms with van der Waals surface area (Å²) < 4.78 is 0. The van der Waals surface area contributed by atoms with E-state index in [1.807, 2.05) is 0 Å². The smallest absolute Gasteiger partial charge is 0.328 e. The lowest BCUT2D eigenvalue weighted by Crippen LogP contribution is -2.59. The lowest BCUT2D eigenvalue weighted by molar-refractivity contribution is -0.145. The second-order valence-corrected chi connectivity index (χ2v) is 8.43. The van der Waals surface area contributed by atoms with Crippen LogP contribution in [0.1, 0.15) is 32.8 Å². The molecule has 5 unspecified atom stereocenters. The fraction of sp³-hybridized carbons (Fsp3) is 0.500. The van der Waals surface area contributed by atoms with Gasteiger partial charge in [-0.3, -0.25) is 19.2 Å². The first-order chi connectivity index (χ1) is 16.2. The highest BCUT2D eigenvalue weighted by molar-refractivity contribution is 5.95. The number of aromatic hydroxyl groups is 1. The molecule has 1 aromatic rings. The number of aliphatic carboxylic acids is 2. The van der Waals surface area contributed by atoms with Crippen LogP contribution in [0.2, 0.25) is 0 Å². The Kier molecular flexibility index (Phi) is 11.1. The normalized spacial score (nSPS) is 15.3. The van der Waals surface area contributed by atoms with Crippen molar-refractivity contribution in [3.63, 3.8) is 0 Å². The number of nitrogens with two attached hydrogens (primary N) is 1. The molecule has 1 aromatic carbocycles. The summed E-state index contributed by atoms with van der Waals surface area (Å²) in [7, 11) is 0. The number of carboxylic acid groups (broad SMARTS) is 2. The van der Waals surface area contributed by atoms with Crippen molar-refractivity contribution in [2.45, 2.75) is 63.9 Å². The number of phenolic OH excluding ortho intramolecular Hbond substituents is 1. The Morgan fingerprint density at radius 3 is 1.83 bits per heavy atom. The van der Waals surface area contributed by atoms with Crippen LogP contribution < -0.4 is 21.7 Å². The van der Waals surface area contributed by atoms with Gasteiger partial charge in [-0.1, -0.05) is 26.0 Å². The number of rotatable bonds is 13. The Morgan fingerprint density at radius 1 is 0.857 bits per heavy atom. The van der Waals surface area contributed by atoms with Gasteiger partial charge in [-0.2, -0.15) is 0 Å². The maximum atomic E-state index is 12.9. The Labute approximate surface area is 201 Å². The second-order valence-electron chi connectivity index (χ2n) is 8.43. The van der Waals surface area contributed by atoms with Crippen molar-refractivity contribution in [3.05, 3.63) is 29.8 Å². The minimum absolute atomic E-state index is 0.0513. The van der Waals surface area contributed by atoms with E-state index in [0.29, 0.717) is 5.56 Å². The van der Waals surface area contributed by atoms with Gasteiger partial charge in [0.05, 0.1) is 18.6 Å². The summed E-state index contributed by atoms with van der Waals surface area (Å²) in [5.74, 6) is -6.01. The lowest BCUT2D eigenvalue weighted by Gasteiger charge is -2.26. The Morgan fingerprint density at radius 2 is 1.37 bits per heavy atom. The summed E-state index contributed by atoms with van der Waals surface area (Å²) in [6.07, 6.45) is -2.44. The molecule has 0 aliphatic rings. The van der Waals surface area contributed by atoms with Crippen LogP contribution in [0.4, 0.5) is 0 Å². The molecular formula is C22H32N4O9. The molecule has 0 aromatic heterocycles. The largest absolute Gasteiger partial charge is 0.508 e. The quantitative estimate of drug-likeness (QED) is 0.154. The zero-order valence-corrected chi connectivity index (χ0v) is 19.6. The Bertz CT molecular complexity index is 918. The van der Waals surface area contributed by atoms with Crippen molar-refractivity contribution in [3.8, 4) is 5.75 Å². The maximum Gasteiger partial charge on any atom is 0.328 e. The van der Waals surface area contributed by atoms with Gasteiger partial charge < -0.3 is 42.1 Å². The van der Waals surface area contributed by atoms with Crippen molar-refractivity contribution >= 4 is 29.7 Å². The monoisotopic (exact) mass is 496 g/mol. The van der Waals surface area contributed by atoms with Gasteiger partial charge in [0, 0.05) is 6.42 Å². The molecule has 9 N–H and O–H groups in total. The van der Waals surface area contributed by atoms with E-state index < -0.39 is 66.4 Å². The van der Waals surface area contributed by atoms with Gasteiger partial charge in [0.25, 0.3) is 0 Å². The lowest BCUT2D eigenvalue weighted by atomic mass is 10.0. The third kappa shape index (κ3) is 9.59. The van der Waals surface area contributed by atoms with Crippen LogP contribution in [-0.2, 0) is 30.4 Å². The first kappa shape index (κ1) is 29.3. The number of aliphatic hydroxyl groups is 1. The molecule has 35 heavy (non-hydrogen) atoms. The fourth-order valence-corrected chi connectivity index (χ4v) is 2.95. The van der Waals surface area contributed by atoms with Crippen molar-refractivity contribution in [2.24, 2.45) is 11.7 Å². The first-order valence-electron chi connectivity index (χ1n) is 10.8. The van der Waals surface area contributed by atoms with Gasteiger partial charge in [0.1, 0.15) is 17.8 Å². The molecule has 0 saturated carbocycles. The number of amides is 3. The summed E-state index contributed by atoms with van der Waals surface area (Å²) in [5.41, 5.74) is 6.23. The van der Waals surface area contributed by atoms with E-state index in [0.717, 1.165) is 6.92 Å². The third-order valence-electron chi connectivity index (χ3n) is 5.09. The SMILES string of the molecule is CC(C)C(N)C(=O)NC(CC(=O)O)C(=O)NC(Cc1ccc(O)cc1)C(=O)NC(C(=O)O)C(C)O. The first-order valence-corrected chi connectivity index (χ1v) is 10.8. The van der Waals surface area contributed by atoms with Gasteiger partial charge in [-0.25, -0.2) is 4.79 Å². The van der Waals surface area contributed by atoms with Crippen molar-refractivity contribution in [1.29, 1.82) is 0 Å². The highest BCUT2D eigenvalue weighted by Crippen LogP contribution is 2.12. The summed E-state index contributed by atoms with van der Waals surface area (Å²) in [6, 6.07) is -0.0951. The average molecular weight is 497 g/mol. The summed E-state index contributed by atoms with van der Waals surface area (Å²) in [4.78, 5) is 60.7. The summed E-state index contributed by atoms with van der Waals surface area (Å²) >= 11 is 0. The van der Waals surface area contributed by atoms with Crippen LogP contribution in [0, 0.1) is 5.92 Å². The van der Waals surface area contributed by atoms with Crippen LogP contribution >= 0.6 is 0 Å². The predicted octanol–water partition coefficient (Wildman–Crippen LogP) is -1.69. The third-order valence-corrected chi connectivity index (χ3v) is 5.09. The second kappa shape index (κ2) is 13.2. The molecule has 1 rings (SSSR count). The molecule has 3 amide bonds. The molecular weight excluding hydrogens is 464 g/mol. The average Bonchev–Trinajstić information content (AvgIpc) is 2.76. The van der Waals surface area contributed by atoms with E-state index in [2.05, 4.69) is 16.0 Å². The highest BCUT2D eigenvalue weighted by atomic mass is 16.4. The molecule has 0 fully saturated rings. The minimum Gasteiger partial charge on any atom is -0.508 e. The van der Waals surface area contributed by atoms with Gasteiger partial charge in [0.15, 0.2) is 6.04 Å². The standard InChI is InChI=1S/C22H32N4O9/c1-10(2)17(23)21(33)25-15(9-16(29)30)19(31)24-14(8-12-4-6-13(28)7-5-12)20(32)26-18(11(3)27)22(34)35/h4-7,10-11,14-15,17-18,27-28H,8-9,23H2,1-3H3,(H,24,31)(H,25,33)(H,26,32)(H,29,30)(H,34,35). The number of nitrogens with one attached hydrogen (secondary N) is 3. The highest BCUT2D eigenvalue weighted by Gasteiger charge is 2.33. The molecule has 13 heteroatoms. The van der Waals surface area contributed by atoms with E-state index in [1.54, 1.807) is 13.8 Å². The van der Waals surface area contributed by atoms with E-state index in [-0.39, 0.29) is 18.1 Å². The number of aliphatic hydroxyl groups excluding tert-OH is 1. The van der Waals surface area contributed by atoms with E-state index in [1.165, 1.54) is 24.3 Å². The molecule has 13 nitrogen and oxygen atoms in total. The van der Waals surface area contributed by atoms with Crippen molar-refractivity contribution in [2.75, 3.05) is 0 Å². The van der Waals surface area contributed by atoms with Crippen LogP contribution in [-0.4, -0.2) is 80.4 Å². The van der Waals surface area contributed by atoms with Gasteiger partial charge >= 0.3 is 11.9 Å². The molecule has 0 heterocycles. The number of hydrogen-bond donors (Lipinski definition) is 8. The Hall–Kier alpha value is -3.71. The van der Waals surface area contributed by atoms with Crippen LogP contribution in [0.25, 0.3) is 0 Å². The maximum absolute atomic E-state index is 12.9. The van der Waals surface area contributed by atoms with E-state index in [4.69, 9.17) is 5.73 Å². The van der Waals surface area contributed by atoms with Crippen LogP contribution in [0.5, 0.6) is 5.75 Å². The van der Waals surface area contributed by atoms with Crippen LogP contribution in [0.3, 0.4) is 0 Å². The minimum atomic E-state index is -1.68. The van der Waals surface area contributed by atoms with Gasteiger partial charge in [0.2, 0.25) is 17.7 Å². The fourth-order valence-electron chi connectivity index (χ4n) is 2.95. The Balaban J connectivity index is 3.18. The zero-order valence-electron chi connectivity index (χ0n) is 19.6. The summed E-state index contributed by atoms with van der Waals surface area (Å²) in [5, 5.41) is 44.3. The summed E-state index contributed by atoms with van der Waals surface area (Å²) in [6.45, 7) is 4.48. The predicted molar refractivity (Wildman–Crippen MR) is 122 cm³/mol. The number of carboxylic acids is 2. The van der Waals surface area contributed by atoms with E-state index in [9.17, 15) is 44.4 Å². The molecule has 5 atom stereocenters. The zero-order chi connectivity index (χ0) is 26.9. The molecule has 0 aliphatic heterocycles. The number of benzene rings is 1. The van der Waals surface area contributed by atoms with Gasteiger partial charge in [-0.15, -0.1) is 0 Å². The molecule has 0 radical (unpaired) electrons. The number of hydrogen-bond acceptors (Lipinski definition) is 8. The molecule has 194 valence electrons. The number of carbonyl (C=O) groups excluding carboxylic acids is 3. The molecule has 0 aliphatic carbocycles. The van der Waals surface area contributed by atoms with Crippen molar-refractivity contribution in [1.82, 2.24) is 16.0 Å². The van der Waals surface area contributed by atoms with Crippen LogP contribution in [0.15, 0.2) is 24.3 Å².